The third-order valence-corrected chi connectivity index (χ3v) is 5.60. The molecule has 1 amide bonds. The van der Waals surface area contributed by atoms with E-state index in [1.807, 2.05) is 59.2 Å². The molecule has 2 aromatic carbocycles. The molecule has 6 nitrogen and oxygen atoms in total. The van der Waals surface area contributed by atoms with Crippen LogP contribution in [0.2, 0.25) is 0 Å². The number of halogens is 1. The Balaban J connectivity index is 1.61. The van der Waals surface area contributed by atoms with Crippen LogP contribution in [0.25, 0.3) is 0 Å². The lowest BCUT2D eigenvalue weighted by atomic mass is 10.3. The lowest BCUT2D eigenvalue weighted by molar-refractivity contribution is -0.113. The Morgan fingerprint density at radius 3 is 2.68 bits per heavy atom. The van der Waals surface area contributed by atoms with Gasteiger partial charge in [-0.15, -0.1) is 16.8 Å². The van der Waals surface area contributed by atoms with Gasteiger partial charge in [-0.3, -0.25) is 9.36 Å². The number of anilines is 1. The second kappa shape index (κ2) is 10.3. The molecule has 8 heteroatoms. The highest BCUT2D eigenvalue weighted by Crippen LogP contribution is 2.21. The van der Waals surface area contributed by atoms with Crippen LogP contribution in [0.5, 0.6) is 5.75 Å². The fourth-order valence-electron chi connectivity index (χ4n) is 2.39. The first-order valence-corrected chi connectivity index (χ1v) is 10.6. The van der Waals surface area contributed by atoms with Crippen LogP contribution in [0.4, 0.5) is 5.69 Å². The molecule has 3 aromatic rings. The predicted octanol–water partition coefficient (Wildman–Crippen LogP) is 4.38. The number of nitrogens with zero attached hydrogens (tertiary/aromatic N) is 3. The molecule has 0 unspecified atom stereocenters. The molecular weight excluding hydrogens is 487 g/mol. The summed E-state index contributed by atoms with van der Waals surface area (Å²) >= 11 is 3.53. The molecule has 0 radical (unpaired) electrons. The Labute approximate surface area is 181 Å². The maximum Gasteiger partial charge on any atom is 0.234 e. The van der Waals surface area contributed by atoms with Gasteiger partial charge in [-0.1, -0.05) is 48.2 Å². The average molecular weight is 506 g/mol. The van der Waals surface area contributed by atoms with Gasteiger partial charge >= 0.3 is 0 Å². The zero-order valence-corrected chi connectivity index (χ0v) is 18.0. The van der Waals surface area contributed by atoms with E-state index in [1.54, 1.807) is 6.08 Å². The summed E-state index contributed by atoms with van der Waals surface area (Å²) in [5.41, 5.74) is 0.804. The van der Waals surface area contributed by atoms with Crippen LogP contribution in [0.1, 0.15) is 5.82 Å². The van der Waals surface area contributed by atoms with Gasteiger partial charge in [0.15, 0.2) is 11.0 Å². The number of thioether (sulfide) groups is 1. The quantitative estimate of drug-likeness (QED) is 0.265. The molecule has 144 valence electrons. The number of rotatable bonds is 9. The van der Waals surface area contributed by atoms with Crippen LogP contribution in [0.3, 0.4) is 0 Å². The minimum atomic E-state index is -0.0932. The lowest BCUT2D eigenvalue weighted by Crippen LogP contribution is -2.15. The van der Waals surface area contributed by atoms with Crippen molar-refractivity contribution in [2.45, 2.75) is 18.3 Å². The molecule has 1 aromatic heterocycles. The van der Waals surface area contributed by atoms with E-state index in [4.69, 9.17) is 4.74 Å². The van der Waals surface area contributed by atoms with Crippen molar-refractivity contribution in [3.63, 3.8) is 0 Å². The van der Waals surface area contributed by atoms with Gasteiger partial charge < -0.3 is 10.1 Å². The summed E-state index contributed by atoms with van der Waals surface area (Å²) in [6, 6.07) is 17.2. The summed E-state index contributed by atoms with van der Waals surface area (Å²) in [5, 5.41) is 12.0. The van der Waals surface area contributed by atoms with Crippen molar-refractivity contribution in [2.75, 3.05) is 11.1 Å². The first kappa shape index (κ1) is 20.4. The molecule has 0 fully saturated rings. The number of allylic oxidation sites excluding steroid dienone is 1. The fourth-order valence-corrected chi connectivity index (χ4v) is 3.68. The molecule has 0 bridgehead atoms. The monoisotopic (exact) mass is 506 g/mol. The minimum absolute atomic E-state index is 0.0932. The summed E-state index contributed by atoms with van der Waals surface area (Å²) in [6.45, 7) is 4.62. The predicted molar refractivity (Wildman–Crippen MR) is 120 cm³/mol. The van der Waals surface area contributed by atoms with Crippen LogP contribution in [-0.4, -0.2) is 26.4 Å². The standard InChI is InChI=1S/C20H19IN4O2S/c1-2-12-25-18(13-27-15-8-4-3-5-9-15)23-24-20(25)28-14-19(26)22-17-11-7-6-10-16(17)21/h2-11H,1,12-14H2,(H,22,26). The van der Waals surface area contributed by atoms with Crippen molar-refractivity contribution >= 4 is 45.9 Å². The highest BCUT2D eigenvalue weighted by Gasteiger charge is 2.14. The Morgan fingerprint density at radius 2 is 1.93 bits per heavy atom. The van der Waals surface area contributed by atoms with Crippen LogP contribution < -0.4 is 10.1 Å². The molecule has 0 aliphatic rings. The smallest absolute Gasteiger partial charge is 0.234 e. The largest absolute Gasteiger partial charge is 0.486 e. The van der Waals surface area contributed by atoms with Gasteiger partial charge in [-0.2, -0.15) is 0 Å². The third-order valence-electron chi connectivity index (χ3n) is 3.70. The minimum Gasteiger partial charge on any atom is -0.486 e. The Hall–Kier alpha value is -2.33. The summed E-state index contributed by atoms with van der Waals surface area (Å²) < 4.78 is 8.66. The highest BCUT2D eigenvalue weighted by molar-refractivity contribution is 14.1. The van der Waals surface area contributed by atoms with Gasteiger partial charge in [-0.05, 0) is 46.9 Å². The number of ether oxygens (including phenoxy) is 1. The van der Waals surface area contributed by atoms with E-state index in [0.717, 1.165) is 15.0 Å². The zero-order chi connectivity index (χ0) is 19.8. The maximum atomic E-state index is 12.3. The second-order valence-electron chi connectivity index (χ2n) is 5.72. The Bertz CT molecular complexity index is 946. The molecule has 1 heterocycles. The number of amides is 1. The van der Waals surface area contributed by atoms with Crippen molar-refractivity contribution < 1.29 is 9.53 Å². The van der Waals surface area contributed by atoms with Crippen molar-refractivity contribution in [1.29, 1.82) is 0 Å². The normalized spacial score (nSPS) is 10.5. The van der Waals surface area contributed by atoms with E-state index >= 15 is 0 Å². The van der Waals surface area contributed by atoms with E-state index < -0.39 is 0 Å². The molecule has 0 spiro atoms. The van der Waals surface area contributed by atoms with Crippen LogP contribution in [-0.2, 0) is 17.9 Å². The van der Waals surface area contributed by atoms with Crippen LogP contribution in [0, 0.1) is 3.57 Å². The summed E-state index contributed by atoms with van der Waals surface area (Å²) in [6.07, 6.45) is 1.77. The zero-order valence-electron chi connectivity index (χ0n) is 15.0. The van der Waals surface area contributed by atoms with Gasteiger partial charge in [0, 0.05) is 10.1 Å². The highest BCUT2D eigenvalue weighted by atomic mass is 127. The maximum absolute atomic E-state index is 12.3. The fraction of sp³-hybridized carbons (Fsp3) is 0.150. The van der Waals surface area contributed by atoms with Crippen LogP contribution in [0.15, 0.2) is 72.4 Å². The average Bonchev–Trinajstić information content (AvgIpc) is 3.09. The lowest BCUT2D eigenvalue weighted by Gasteiger charge is -2.09. The molecule has 28 heavy (non-hydrogen) atoms. The van der Waals surface area contributed by atoms with E-state index in [2.05, 4.69) is 44.7 Å². The topological polar surface area (TPSA) is 69.0 Å². The SMILES string of the molecule is C=CCn1c(COc2ccccc2)nnc1SCC(=O)Nc1ccccc1I. The summed E-state index contributed by atoms with van der Waals surface area (Å²) in [5.74, 6) is 1.59. The molecule has 0 saturated carbocycles. The third kappa shape index (κ3) is 5.59. The Morgan fingerprint density at radius 1 is 1.18 bits per heavy atom. The van der Waals surface area contributed by atoms with Crippen molar-refractivity contribution in [3.05, 3.63) is 76.6 Å². The number of hydrogen-bond donors (Lipinski definition) is 1. The number of carbonyl (C=O) groups excluding carboxylic acids is 1. The molecule has 1 N–H and O–H groups in total. The first-order chi connectivity index (χ1) is 13.7. The van der Waals surface area contributed by atoms with Gasteiger partial charge in [0.2, 0.25) is 5.91 Å². The van der Waals surface area contributed by atoms with Gasteiger partial charge in [-0.25, -0.2) is 0 Å². The summed E-state index contributed by atoms with van der Waals surface area (Å²) in [7, 11) is 0. The molecular formula is C20H19IN4O2S. The number of hydrogen-bond acceptors (Lipinski definition) is 5. The van der Waals surface area contributed by atoms with E-state index in [-0.39, 0.29) is 11.7 Å². The first-order valence-electron chi connectivity index (χ1n) is 8.55. The van der Waals surface area contributed by atoms with E-state index in [9.17, 15) is 4.79 Å². The van der Waals surface area contributed by atoms with Crippen molar-refractivity contribution in [3.8, 4) is 5.75 Å². The molecule has 0 aliphatic carbocycles. The number of para-hydroxylation sites is 2. The Kier molecular flexibility index (Phi) is 7.49. The number of carbonyl (C=O) groups is 1. The van der Waals surface area contributed by atoms with E-state index in [1.165, 1.54) is 11.8 Å². The van der Waals surface area contributed by atoms with Crippen LogP contribution >= 0.6 is 34.4 Å². The molecule has 0 saturated heterocycles. The molecule has 0 aliphatic heterocycles. The van der Waals surface area contributed by atoms with Gasteiger partial charge in [0.1, 0.15) is 12.4 Å². The summed E-state index contributed by atoms with van der Waals surface area (Å²) in [4.78, 5) is 12.3. The number of nitrogens with one attached hydrogen (secondary N) is 1. The van der Waals surface area contributed by atoms with Crippen molar-refractivity contribution in [1.82, 2.24) is 14.8 Å². The van der Waals surface area contributed by atoms with E-state index in [0.29, 0.717) is 24.1 Å². The van der Waals surface area contributed by atoms with Gasteiger partial charge in [0.25, 0.3) is 0 Å². The van der Waals surface area contributed by atoms with Gasteiger partial charge in [0.05, 0.1) is 11.4 Å². The number of aromatic nitrogens is 3. The van der Waals surface area contributed by atoms with Crippen molar-refractivity contribution in [2.24, 2.45) is 0 Å². The molecule has 3 rings (SSSR count). The number of benzene rings is 2. The molecule has 0 atom stereocenters. The second-order valence-corrected chi connectivity index (χ2v) is 7.82.